The quantitative estimate of drug-likeness (QED) is 0.732. The number of anilines is 4. The Bertz CT molecular complexity index is 817. The first-order chi connectivity index (χ1) is 11.1. The summed E-state index contributed by atoms with van der Waals surface area (Å²) in [6.45, 7) is 4.16. The molecule has 2 N–H and O–H groups in total. The molecule has 0 radical (unpaired) electrons. The minimum atomic E-state index is 0.418. The van der Waals surface area contributed by atoms with Crippen molar-refractivity contribution in [2.75, 3.05) is 10.6 Å². The SMILES string of the molecule is Cc1ccc(Nc2cnnc(Nc3ccc(Cl)cc3)n2)cc1C. The Morgan fingerprint density at radius 2 is 1.61 bits per heavy atom. The maximum atomic E-state index is 5.87. The fraction of sp³-hybridized carbons (Fsp3) is 0.118. The van der Waals surface area contributed by atoms with Gasteiger partial charge in [0.1, 0.15) is 0 Å². The number of aromatic nitrogens is 3. The van der Waals surface area contributed by atoms with Crippen LogP contribution in [0.3, 0.4) is 0 Å². The molecule has 2 aromatic carbocycles. The average molecular weight is 326 g/mol. The molecule has 5 nitrogen and oxygen atoms in total. The molecule has 0 amide bonds. The molecule has 0 saturated heterocycles. The number of hydrogen-bond acceptors (Lipinski definition) is 5. The second kappa shape index (κ2) is 6.62. The molecular weight excluding hydrogens is 310 g/mol. The van der Waals surface area contributed by atoms with Gasteiger partial charge in [0.25, 0.3) is 0 Å². The van der Waals surface area contributed by atoms with Crippen LogP contribution >= 0.6 is 11.6 Å². The molecule has 3 rings (SSSR count). The van der Waals surface area contributed by atoms with E-state index in [4.69, 9.17) is 11.6 Å². The van der Waals surface area contributed by atoms with E-state index in [2.05, 4.69) is 51.8 Å². The maximum absolute atomic E-state index is 5.87. The summed E-state index contributed by atoms with van der Waals surface area (Å²) in [5.41, 5.74) is 4.28. The van der Waals surface area contributed by atoms with Crippen molar-refractivity contribution in [3.63, 3.8) is 0 Å². The van der Waals surface area contributed by atoms with Gasteiger partial charge in [-0.1, -0.05) is 17.7 Å². The first-order valence-corrected chi connectivity index (χ1v) is 7.54. The Labute approximate surface area is 139 Å². The van der Waals surface area contributed by atoms with Gasteiger partial charge in [-0.25, -0.2) is 0 Å². The molecule has 0 spiro atoms. The van der Waals surface area contributed by atoms with Gasteiger partial charge < -0.3 is 10.6 Å². The van der Waals surface area contributed by atoms with Crippen molar-refractivity contribution >= 4 is 34.7 Å². The minimum Gasteiger partial charge on any atom is -0.339 e. The fourth-order valence-corrected chi connectivity index (χ4v) is 2.17. The molecule has 23 heavy (non-hydrogen) atoms. The fourth-order valence-electron chi connectivity index (χ4n) is 2.05. The molecule has 0 fully saturated rings. The van der Waals surface area contributed by atoms with Crippen LogP contribution in [0, 0.1) is 13.8 Å². The van der Waals surface area contributed by atoms with E-state index in [1.54, 1.807) is 18.3 Å². The topological polar surface area (TPSA) is 62.7 Å². The highest BCUT2D eigenvalue weighted by Crippen LogP contribution is 2.20. The number of aryl methyl sites for hydroxylation is 2. The molecule has 116 valence electrons. The van der Waals surface area contributed by atoms with E-state index in [1.165, 1.54) is 11.1 Å². The van der Waals surface area contributed by atoms with Crippen LogP contribution in [-0.4, -0.2) is 15.2 Å². The molecule has 0 unspecified atom stereocenters. The van der Waals surface area contributed by atoms with Crippen LogP contribution in [0.1, 0.15) is 11.1 Å². The maximum Gasteiger partial charge on any atom is 0.249 e. The Hall–Kier alpha value is -2.66. The summed E-state index contributed by atoms with van der Waals surface area (Å²) >= 11 is 5.87. The first-order valence-electron chi connectivity index (χ1n) is 7.17. The molecule has 3 aromatic rings. The molecular formula is C17H16ClN5. The molecule has 1 heterocycles. The lowest BCUT2D eigenvalue weighted by Gasteiger charge is -2.09. The van der Waals surface area contributed by atoms with E-state index in [0.717, 1.165) is 11.4 Å². The highest BCUT2D eigenvalue weighted by atomic mass is 35.5. The summed E-state index contributed by atoms with van der Waals surface area (Å²) < 4.78 is 0. The lowest BCUT2D eigenvalue weighted by Crippen LogP contribution is -2.02. The zero-order valence-corrected chi connectivity index (χ0v) is 13.6. The largest absolute Gasteiger partial charge is 0.339 e. The van der Waals surface area contributed by atoms with Crippen LogP contribution in [0.2, 0.25) is 5.02 Å². The molecule has 6 heteroatoms. The molecule has 0 aliphatic carbocycles. The Kier molecular flexibility index (Phi) is 4.39. The zero-order valence-electron chi connectivity index (χ0n) is 12.8. The predicted octanol–water partition coefficient (Wildman–Crippen LogP) is 4.63. The summed E-state index contributed by atoms with van der Waals surface area (Å²) in [7, 11) is 0. The van der Waals surface area contributed by atoms with Crippen LogP contribution in [0.15, 0.2) is 48.7 Å². The van der Waals surface area contributed by atoms with Crippen LogP contribution in [0.5, 0.6) is 0 Å². The van der Waals surface area contributed by atoms with Gasteiger partial charge in [0.2, 0.25) is 5.95 Å². The van der Waals surface area contributed by atoms with Gasteiger partial charge in [-0.2, -0.15) is 10.1 Å². The van der Waals surface area contributed by atoms with Crippen LogP contribution < -0.4 is 10.6 Å². The Balaban J connectivity index is 1.76. The van der Waals surface area contributed by atoms with Crippen molar-refractivity contribution in [2.24, 2.45) is 0 Å². The third-order valence-corrected chi connectivity index (χ3v) is 3.69. The molecule has 1 aromatic heterocycles. The summed E-state index contributed by atoms with van der Waals surface area (Å²) in [5, 5.41) is 15.0. The van der Waals surface area contributed by atoms with E-state index in [-0.39, 0.29) is 0 Å². The normalized spacial score (nSPS) is 10.4. The zero-order chi connectivity index (χ0) is 16.2. The summed E-state index contributed by atoms with van der Waals surface area (Å²) in [4.78, 5) is 4.41. The van der Waals surface area contributed by atoms with Crippen molar-refractivity contribution in [3.8, 4) is 0 Å². The predicted molar refractivity (Wildman–Crippen MR) is 93.8 cm³/mol. The van der Waals surface area contributed by atoms with Gasteiger partial charge in [-0.05, 0) is 61.4 Å². The molecule has 0 atom stereocenters. The second-order valence-corrected chi connectivity index (χ2v) is 5.66. The number of halogens is 1. The highest BCUT2D eigenvalue weighted by molar-refractivity contribution is 6.30. The van der Waals surface area contributed by atoms with Gasteiger partial charge in [-0.3, -0.25) is 0 Å². The van der Waals surface area contributed by atoms with E-state index < -0.39 is 0 Å². The number of nitrogens with zero attached hydrogens (tertiary/aromatic N) is 3. The number of hydrogen-bond donors (Lipinski definition) is 2. The van der Waals surface area contributed by atoms with Gasteiger partial charge in [0.15, 0.2) is 5.82 Å². The third kappa shape index (κ3) is 3.96. The number of rotatable bonds is 4. The summed E-state index contributed by atoms with van der Waals surface area (Å²) in [6, 6.07) is 13.5. The summed E-state index contributed by atoms with van der Waals surface area (Å²) in [5.74, 6) is 1.04. The molecule has 0 bridgehead atoms. The van der Waals surface area contributed by atoms with Crippen molar-refractivity contribution < 1.29 is 0 Å². The van der Waals surface area contributed by atoms with E-state index in [1.807, 2.05) is 18.2 Å². The highest BCUT2D eigenvalue weighted by Gasteiger charge is 2.03. The standard InChI is InChI=1S/C17H16ClN5/c1-11-3-6-15(9-12(11)2)20-16-10-19-23-17(22-16)21-14-7-4-13(18)5-8-14/h3-10H,1-2H3,(H2,20,21,22,23). The third-order valence-electron chi connectivity index (χ3n) is 3.44. The average Bonchev–Trinajstić information content (AvgIpc) is 2.54. The molecule has 0 aliphatic rings. The van der Waals surface area contributed by atoms with Gasteiger partial charge in [0, 0.05) is 16.4 Å². The van der Waals surface area contributed by atoms with Crippen molar-refractivity contribution in [3.05, 3.63) is 64.8 Å². The lowest BCUT2D eigenvalue weighted by atomic mass is 10.1. The van der Waals surface area contributed by atoms with Crippen molar-refractivity contribution in [2.45, 2.75) is 13.8 Å². The molecule has 0 saturated carbocycles. The van der Waals surface area contributed by atoms with Crippen LogP contribution in [0.4, 0.5) is 23.1 Å². The monoisotopic (exact) mass is 325 g/mol. The van der Waals surface area contributed by atoms with Gasteiger partial charge in [0.05, 0.1) is 6.20 Å². The van der Waals surface area contributed by atoms with E-state index in [0.29, 0.717) is 16.8 Å². The van der Waals surface area contributed by atoms with Gasteiger partial charge >= 0.3 is 0 Å². The van der Waals surface area contributed by atoms with Crippen molar-refractivity contribution in [1.29, 1.82) is 0 Å². The lowest BCUT2D eigenvalue weighted by molar-refractivity contribution is 0.982. The first kappa shape index (κ1) is 15.2. The Morgan fingerprint density at radius 1 is 0.870 bits per heavy atom. The Morgan fingerprint density at radius 3 is 2.35 bits per heavy atom. The number of nitrogens with one attached hydrogen (secondary N) is 2. The van der Waals surface area contributed by atoms with Crippen molar-refractivity contribution in [1.82, 2.24) is 15.2 Å². The van der Waals surface area contributed by atoms with E-state index >= 15 is 0 Å². The van der Waals surface area contributed by atoms with Crippen LogP contribution in [-0.2, 0) is 0 Å². The van der Waals surface area contributed by atoms with E-state index in [9.17, 15) is 0 Å². The van der Waals surface area contributed by atoms with Crippen LogP contribution in [0.25, 0.3) is 0 Å². The second-order valence-electron chi connectivity index (χ2n) is 5.22. The summed E-state index contributed by atoms with van der Waals surface area (Å²) in [6.07, 6.45) is 1.59. The smallest absolute Gasteiger partial charge is 0.249 e. The molecule has 0 aliphatic heterocycles. The number of benzene rings is 2. The van der Waals surface area contributed by atoms with Gasteiger partial charge in [-0.15, -0.1) is 5.10 Å². The minimum absolute atomic E-state index is 0.418.